The third-order valence-corrected chi connectivity index (χ3v) is 4.39. The Balaban J connectivity index is 1.67. The highest BCUT2D eigenvalue weighted by Crippen LogP contribution is 2.30. The number of para-hydroxylation sites is 1. The van der Waals surface area contributed by atoms with E-state index in [0.717, 1.165) is 44.9 Å². The summed E-state index contributed by atoms with van der Waals surface area (Å²) in [6.45, 7) is 5.30. The van der Waals surface area contributed by atoms with Crippen LogP contribution in [0.3, 0.4) is 0 Å². The summed E-state index contributed by atoms with van der Waals surface area (Å²) in [6, 6.07) is 10.9. The van der Waals surface area contributed by atoms with Crippen molar-refractivity contribution < 1.29 is 13.2 Å². The van der Waals surface area contributed by atoms with Gasteiger partial charge in [-0.1, -0.05) is 25.1 Å². The van der Waals surface area contributed by atoms with Gasteiger partial charge in [-0.05, 0) is 30.2 Å². The van der Waals surface area contributed by atoms with E-state index < -0.39 is 11.7 Å². The Bertz CT molecular complexity index is 675. The highest BCUT2D eigenvalue weighted by Gasteiger charge is 2.31. The first kappa shape index (κ1) is 16.6. The van der Waals surface area contributed by atoms with E-state index in [1.54, 1.807) is 0 Å². The maximum atomic E-state index is 12.6. The van der Waals surface area contributed by atoms with Crippen LogP contribution in [0.4, 0.5) is 24.7 Å². The number of benzene rings is 1. The molecule has 1 aliphatic rings. The summed E-state index contributed by atoms with van der Waals surface area (Å²) >= 11 is 0. The van der Waals surface area contributed by atoms with Gasteiger partial charge in [-0.2, -0.15) is 13.2 Å². The molecule has 24 heavy (non-hydrogen) atoms. The number of alkyl halides is 3. The lowest BCUT2D eigenvalue weighted by molar-refractivity contribution is -0.137. The molecule has 0 unspecified atom stereocenters. The fourth-order valence-electron chi connectivity index (χ4n) is 3.04. The first-order chi connectivity index (χ1) is 11.5. The zero-order valence-electron chi connectivity index (χ0n) is 13.6. The molecule has 1 fully saturated rings. The molecule has 1 saturated heterocycles. The average Bonchev–Trinajstić information content (AvgIpc) is 2.61. The molecule has 1 aromatic carbocycles. The molecule has 1 aromatic heterocycles. The molecule has 6 heteroatoms. The molecule has 3 nitrogen and oxygen atoms in total. The van der Waals surface area contributed by atoms with Crippen LogP contribution in [0.5, 0.6) is 0 Å². The van der Waals surface area contributed by atoms with Gasteiger partial charge in [-0.3, -0.25) is 0 Å². The Kier molecular flexibility index (Phi) is 4.64. The second-order valence-corrected chi connectivity index (χ2v) is 5.86. The van der Waals surface area contributed by atoms with Crippen LogP contribution in [0.1, 0.15) is 18.1 Å². The minimum atomic E-state index is -4.34. The molecule has 0 N–H and O–H groups in total. The summed E-state index contributed by atoms with van der Waals surface area (Å²) in [4.78, 5) is 8.35. The van der Waals surface area contributed by atoms with Crippen molar-refractivity contribution in [1.82, 2.24) is 4.98 Å². The Morgan fingerprint density at radius 3 is 2.21 bits per heavy atom. The SMILES string of the molecule is CCc1ccccc1N1CCN(c2ccc(C(F)(F)F)cn2)CC1. The van der Waals surface area contributed by atoms with Crippen LogP contribution in [-0.4, -0.2) is 31.2 Å². The number of anilines is 2. The van der Waals surface area contributed by atoms with Crippen molar-refractivity contribution in [2.24, 2.45) is 0 Å². The predicted octanol–water partition coefficient (Wildman–Crippen LogP) is 3.99. The van der Waals surface area contributed by atoms with Crippen LogP contribution in [0.15, 0.2) is 42.6 Å². The summed E-state index contributed by atoms with van der Waals surface area (Å²) in [6.07, 6.45) is -2.45. The Morgan fingerprint density at radius 1 is 0.958 bits per heavy atom. The highest BCUT2D eigenvalue weighted by molar-refractivity contribution is 5.55. The number of nitrogens with zero attached hydrogens (tertiary/aromatic N) is 3. The summed E-state index contributed by atoms with van der Waals surface area (Å²) in [5.41, 5.74) is 1.86. The van der Waals surface area contributed by atoms with E-state index in [0.29, 0.717) is 5.82 Å². The van der Waals surface area contributed by atoms with Crippen LogP contribution >= 0.6 is 0 Å². The van der Waals surface area contributed by atoms with Crippen LogP contribution in [0, 0.1) is 0 Å². The molecule has 0 radical (unpaired) electrons. The minimum absolute atomic E-state index is 0.603. The highest BCUT2D eigenvalue weighted by atomic mass is 19.4. The molecule has 0 spiro atoms. The van der Waals surface area contributed by atoms with Crippen molar-refractivity contribution in [2.45, 2.75) is 19.5 Å². The van der Waals surface area contributed by atoms with Crippen LogP contribution in [-0.2, 0) is 12.6 Å². The van der Waals surface area contributed by atoms with Gasteiger partial charge >= 0.3 is 6.18 Å². The first-order valence-electron chi connectivity index (χ1n) is 8.10. The van der Waals surface area contributed by atoms with Crippen LogP contribution in [0.2, 0.25) is 0 Å². The van der Waals surface area contributed by atoms with Gasteiger partial charge in [0.1, 0.15) is 5.82 Å². The Hall–Kier alpha value is -2.24. The van der Waals surface area contributed by atoms with Crippen molar-refractivity contribution >= 4 is 11.5 Å². The molecule has 3 rings (SSSR count). The van der Waals surface area contributed by atoms with E-state index in [1.807, 2.05) is 17.0 Å². The van der Waals surface area contributed by atoms with Crippen molar-refractivity contribution in [1.29, 1.82) is 0 Å². The minimum Gasteiger partial charge on any atom is -0.368 e. The monoisotopic (exact) mass is 335 g/mol. The largest absolute Gasteiger partial charge is 0.417 e. The maximum Gasteiger partial charge on any atom is 0.417 e. The van der Waals surface area contributed by atoms with Crippen molar-refractivity contribution in [3.63, 3.8) is 0 Å². The van der Waals surface area contributed by atoms with Crippen LogP contribution < -0.4 is 9.80 Å². The standard InChI is InChI=1S/C18H20F3N3/c1-2-14-5-3-4-6-16(14)23-9-11-24(12-10-23)17-8-7-15(13-22-17)18(19,20)21/h3-8,13H,2,9-12H2,1H3. The van der Waals surface area contributed by atoms with Gasteiger partial charge in [0.2, 0.25) is 0 Å². The van der Waals surface area contributed by atoms with E-state index in [4.69, 9.17) is 0 Å². The number of pyridine rings is 1. The van der Waals surface area contributed by atoms with E-state index in [1.165, 1.54) is 17.3 Å². The maximum absolute atomic E-state index is 12.6. The smallest absolute Gasteiger partial charge is 0.368 e. The topological polar surface area (TPSA) is 19.4 Å². The van der Waals surface area contributed by atoms with Gasteiger partial charge < -0.3 is 9.80 Å². The van der Waals surface area contributed by atoms with Crippen molar-refractivity contribution in [2.75, 3.05) is 36.0 Å². The second kappa shape index (κ2) is 6.71. The number of rotatable bonds is 3. The molecule has 2 heterocycles. The van der Waals surface area contributed by atoms with Crippen molar-refractivity contribution in [3.05, 3.63) is 53.7 Å². The van der Waals surface area contributed by atoms with Gasteiger partial charge in [-0.25, -0.2) is 4.98 Å². The molecule has 0 aliphatic carbocycles. The summed E-state index contributed by atoms with van der Waals surface area (Å²) in [5.74, 6) is 0.603. The fraction of sp³-hybridized carbons (Fsp3) is 0.389. The van der Waals surface area contributed by atoms with Gasteiger partial charge in [0.25, 0.3) is 0 Å². The summed E-state index contributed by atoms with van der Waals surface area (Å²) < 4.78 is 37.8. The Morgan fingerprint density at radius 2 is 1.62 bits per heavy atom. The third-order valence-electron chi connectivity index (χ3n) is 4.39. The molecular formula is C18H20F3N3. The lowest BCUT2D eigenvalue weighted by Gasteiger charge is -2.37. The van der Waals surface area contributed by atoms with Crippen LogP contribution in [0.25, 0.3) is 0 Å². The van der Waals surface area contributed by atoms with Gasteiger partial charge in [-0.15, -0.1) is 0 Å². The average molecular weight is 335 g/mol. The molecule has 0 amide bonds. The van der Waals surface area contributed by atoms with Gasteiger partial charge in [0.15, 0.2) is 0 Å². The number of aromatic nitrogens is 1. The van der Waals surface area contributed by atoms with E-state index in [-0.39, 0.29) is 0 Å². The lowest BCUT2D eigenvalue weighted by atomic mass is 10.1. The van der Waals surface area contributed by atoms with E-state index >= 15 is 0 Å². The molecule has 0 atom stereocenters. The number of halogens is 3. The Labute approximate surface area is 139 Å². The quantitative estimate of drug-likeness (QED) is 0.845. The zero-order chi connectivity index (χ0) is 17.2. The first-order valence-corrected chi connectivity index (χ1v) is 8.10. The molecule has 128 valence electrons. The molecule has 0 saturated carbocycles. The van der Waals surface area contributed by atoms with Gasteiger partial charge in [0, 0.05) is 38.1 Å². The summed E-state index contributed by atoms with van der Waals surface area (Å²) in [7, 11) is 0. The third kappa shape index (κ3) is 3.47. The molecule has 0 bridgehead atoms. The molecule has 1 aliphatic heterocycles. The fourth-order valence-corrected chi connectivity index (χ4v) is 3.04. The zero-order valence-corrected chi connectivity index (χ0v) is 13.6. The molecular weight excluding hydrogens is 315 g/mol. The lowest BCUT2D eigenvalue weighted by Crippen LogP contribution is -2.47. The number of hydrogen-bond donors (Lipinski definition) is 0. The normalized spacial score (nSPS) is 15.7. The number of hydrogen-bond acceptors (Lipinski definition) is 3. The summed E-state index contributed by atoms with van der Waals surface area (Å²) in [5, 5.41) is 0. The molecule has 2 aromatic rings. The van der Waals surface area contributed by atoms with E-state index in [2.05, 4.69) is 28.9 Å². The van der Waals surface area contributed by atoms with E-state index in [9.17, 15) is 13.2 Å². The second-order valence-electron chi connectivity index (χ2n) is 5.86. The number of aryl methyl sites for hydroxylation is 1. The van der Waals surface area contributed by atoms with Crippen molar-refractivity contribution in [3.8, 4) is 0 Å². The van der Waals surface area contributed by atoms with Gasteiger partial charge in [0.05, 0.1) is 5.56 Å². The number of piperazine rings is 1. The predicted molar refractivity (Wildman–Crippen MR) is 89.5 cm³/mol.